The molecule has 4 rings (SSSR count). The zero-order chi connectivity index (χ0) is 18.8. The van der Waals surface area contributed by atoms with E-state index < -0.39 is 0 Å². The fourth-order valence-corrected chi connectivity index (χ4v) is 4.08. The highest BCUT2D eigenvalue weighted by Gasteiger charge is 2.32. The molecule has 2 aromatic rings. The molecular formula is C22H27N3O2. The molecule has 5 nitrogen and oxygen atoms in total. The standard InChI is InChI=1S/C22H27N3O2/c1-23(2)21(17-6-4-3-5-7-17)22(26)25-11-10-18-16-19(8-9-20(18)25)24-12-14-27-15-13-24/h3-9,16,21H,10-15H2,1-2H3. The molecule has 27 heavy (non-hydrogen) atoms. The number of rotatable bonds is 4. The van der Waals surface area contributed by atoms with Crippen molar-refractivity contribution in [2.75, 3.05) is 56.7 Å². The highest BCUT2D eigenvalue weighted by molar-refractivity contribution is 5.99. The van der Waals surface area contributed by atoms with E-state index in [1.165, 1.54) is 11.3 Å². The average Bonchev–Trinajstić information content (AvgIpc) is 3.12. The van der Waals surface area contributed by atoms with Crippen molar-refractivity contribution in [2.45, 2.75) is 12.5 Å². The minimum atomic E-state index is -0.268. The molecule has 142 valence electrons. The molecule has 0 bridgehead atoms. The highest BCUT2D eigenvalue weighted by atomic mass is 16.5. The number of anilines is 2. The van der Waals surface area contributed by atoms with Crippen LogP contribution in [0.3, 0.4) is 0 Å². The third-order valence-electron chi connectivity index (χ3n) is 5.47. The van der Waals surface area contributed by atoms with Gasteiger partial charge in [-0.2, -0.15) is 0 Å². The Kier molecular flexibility index (Phi) is 5.14. The lowest BCUT2D eigenvalue weighted by atomic mass is 10.0. The summed E-state index contributed by atoms with van der Waals surface area (Å²) in [6.07, 6.45) is 0.911. The Labute approximate surface area is 161 Å². The summed E-state index contributed by atoms with van der Waals surface area (Å²) in [6, 6.07) is 16.3. The minimum Gasteiger partial charge on any atom is -0.378 e. The molecule has 0 spiro atoms. The van der Waals surface area contributed by atoms with Gasteiger partial charge in [-0.25, -0.2) is 0 Å². The van der Waals surface area contributed by atoms with E-state index in [9.17, 15) is 4.79 Å². The van der Waals surface area contributed by atoms with Crippen LogP contribution < -0.4 is 9.80 Å². The maximum Gasteiger partial charge on any atom is 0.248 e. The SMILES string of the molecule is CN(C)C(C(=O)N1CCc2cc(N3CCOCC3)ccc21)c1ccccc1. The summed E-state index contributed by atoms with van der Waals surface area (Å²) in [5.41, 5.74) is 4.59. The van der Waals surface area contributed by atoms with E-state index in [4.69, 9.17) is 4.74 Å². The first-order valence-electron chi connectivity index (χ1n) is 9.63. The molecule has 0 aliphatic carbocycles. The van der Waals surface area contributed by atoms with Gasteiger partial charge in [-0.1, -0.05) is 30.3 Å². The van der Waals surface area contributed by atoms with Crippen molar-refractivity contribution in [1.82, 2.24) is 4.90 Å². The van der Waals surface area contributed by atoms with Gasteiger partial charge in [0, 0.05) is 31.0 Å². The van der Waals surface area contributed by atoms with Crippen LogP contribution in [0.2, 0.25) is 0 Å². The fourth-order valence-electron chi connectivity index (χ4n) is 4.08. The molecule has 1 unspecified atom stereocenters. The Morgan fingerprint density at radius 3 is 2.48 bits per heavy atom. The minimum absolute atomic E-state index is 0.143. The third kappa shape index (κ3) is 3.57. The Bertz CT molecular complexity index is 800. The van der Waals surface area contributed by atoms with Gasteiger partial charge < -0.3 is 14.5 Å². The molecule has 1 amide bonds. The number of morpholine rings is 1. The van der Waals surface area contributed by atoms with Crippen molar-refractivity contribution < 1.29 is 9.53 Å². The predicted octanol–water partition coefficient (Wildman–Crippen LogP) is 2.72. The number of likely N-dealkylation sites (N-methyl/N-ethyl adjacent to an activating group) is 1. The second-order valence-corrected chi connectivity index (χ2v) is 7.43. The van der Waals surface area contributed by atoms with Gasteiger partial charge in [0.1, 0.15) is 6.04 Å². The lowest BCUT2D eigenvalue weighted by molar-refractivity contribution is -0.123. The maximum atomic E-state index is 13.4. The van der Waals surface area contributed by atoms with Crippen molar-refractivity contribution >= 4 is 17.3 Å². The Morgan fingerprint density at radius 1 is 1.04 bits per heavy atom. The summed E-state index contributed by atoms with van der Waals surface area (Å²) in [5, 5.41) is 0. The monoisotopic (exact) mass is 365 g/mol. The molecule has 0 saturated carbocycles. The van der Waals surface area contributed by atoms with Crippen LogP contribution in [0.15, 0.2) is 48.5 Å². The third-order valence-corrected chi connectivity index (χ3v) is 5.47. The van der Waals surface area contributed by atoms with E-state index in [2.05, 4.69) is 23.1 Å². The number of amides is 1. The number of nitrogens with zero attached hydrogens (tertiary/aromatic N) is 3. The molecule has 1 saturated heterocycles. The second-order valence-electron chi connectivity index (χ2n) is 7.43. The Morgan fingerprint density at radius 2 is 1.78 bits per heavy atom. The van der Waals surface area contributed by atoms with Gasteiger partial charge in [0.15, 0.2) is 0 Å². The molecule has 5 heteroatoms. The zero-order valence-corrected chi connectivity index (χ0v) is 16.1. The lowest BCUT2D eigenvalue weighted by Crippen LogP contribution is -2.39. The van der Waals surface area contributed by atoms with Crippen molar-refractivity contribution in [2.24, 2.45) is 0 Å². The molecule has 1 atom stereocenters. The van der Waals surface area contributed by atoms with Gasteiger partial charge in [-0.3, -0.25) is 9.69 Å². The summed E-state index contributed by atoms with van der Waals surface area (Å²) in [4.78, 5) is 19.7. The first-order valence-corrected chi connectivity index (χ1v) is 9.63. The van der Waals surface area contributed by atoms with E-state index in [1.807, 2.05) is 54.2 Å². The van der Waals surface area contributed by atoms with Crippen LogP contribution >= 0.6 is 0 Å². The Balaban J connectivity index is 1.58. The number of ether oxygens (including phenoxy) is 1. The number of fused-ring (bicyclic) bond motifs is 1. The molecule has 2 heterocycles. The van der Waals surface area contributed by atoms with E-state index in [0.29, 0.717) is 0 Å². The lowest BCUT2D eigenvalue weighted by Gasteiger charge is -2.30. The number of carbonyl (C=O) groups is 1. The van der Waals surface area contributed by atoms with Gasteiger partial charge in [-0.15, -0.1) is 0 Å². The molecule has 2 aliphatic rings. The first kappa shape index (κ1) is 18.0. The molecule has 2 aromatic carbocycles. The summed E-state index contributed by atoms with van der Waals surface area (Å²) in [5.74, 6) is 0.143. The van der Waals surface area contributed by atoms with E-state index in [0.717, 1.165) is 50.5 Å². The summed E-state index contributed by atoms with van der Waals surface area (Å²) >= 11 is 0. The summed E-state index contributed by atoms with van der Waals surface area (Å²) < 4.78 is 5.45. The topological polar surface area (TPSA) is 36.0 Å². The first-order chi connectivity index (χ1) is 13.1. The molecule has 1 fully saturated rings. The van der Waals surface area contributed by atoms with E-state index in [-0.39, 0.29) is 11.9 Å². The van der Waals surface area contributed by atoms with E-state index in [1.54, 1.807) is 0 Å². The molecule has 2 aliphatic heterocycles. The second kappa shape index (κ2) is 7.71. The van der Waals surface area contributed by atoms with Crippen molar-refractivity contribution in [3.8, 4) is 0 Å². The van der Waals surface area contributed by atoms with Gasteiger partial charge in [0.05, 0.1) is 13.2 Å². The maximum absolute atomic E-state index is 13.4. The molecule has 0 aromatic heterocycles. The highest BCUT2D eigenvalue weighted by Crippen LogP contribution is 2.34. The average molecular weight is 365 g/mol. The predicted molar refractivity (Wildman–Crippen MR) is 108 cm³/mol. The smallest absolute Gasteiger partial charge is 0.248 e. The van der Waals surface area contributed by atoms with Crippen LogP contribution in [0.1, 0.15) is 17.2 Å². The molecular weight excluding hydrogens is 338 g/mol. The van der Waals surface area contributed by atoms with Gasteiger partial charge in [-0.05, 0) is 49.8 Å². The van der Waals surface area contributed by atoms with Crippen LogP contribution in [0.5, 0.6) is 0 Å². The number of carbonyl (C=O) groups excluding carboxylic acids is 1. The fraction of sp³-hybridized carbons (Fsp3) is 0.409. The molecule has 0 radical (unpaired) electrons. The van der Waals surface area contributed by atoms with Crippen molar-refractivity contribution in [3.63, 3.8) is 0 Å². The number of hydrogen-bond donors (Lipinski definition) is 0. The van der Waals surface area contributed by atoms with Crippen LogP contribution in [0.4, 0.5) is 11.4 Å². The Hall–Kier alpha value is -2.37. The van der Waals surface area contributed by atoms with Crippen LogP contribution in [-0.2, 0) is 16.0 Å². The van der Waals surface area contributed by atoms with Gasteiger partial charge in [0.25, 0.3) is 0 Å². The number of benzene rings is 2. The van der Waals surface area contributed by atoms with Crippen LogP contribution in [0.25, 0.3) is 0 Å². The summed E-state index contributed by atoms with van der Waals surface area (Å²) in [6.45, 7) is 4.17. The molecule has 0 N–H and O–H groups in total. The normalized spacial score (nSPS) is 17.9. The number of hydrogen-bond acceptors (Lipinski definition) is 4. The zero-order valence-electron chi connectivity index (χ0n) is 16.1. The largest absolute Gasteiger partial charge is 0.378 e. The van der Waals surface area contributed by atoms with Crippen LogP contribution in [-0.4, -0.2) is 57.8 Å². The van der Waals surface area contributed by atoms with Gasteiger partial charge >= 0.3 is 0 Å². The summed E-state index contributed by atoms with van der Waals surface area (Å²) in [7, 11) is 3.93. The van der Waals surface area contributed by atoms with E-state index >= 15 is 0 Å². The van der Waals surface area contributed by atoms with Crippen molar-refractivity contribution in [1.29, 1.82) is 0 Å². The quantitative estimate of drug-likeness (QED) is 0.835. The van der Waals surface area contributed by atoms with Crippen molar-refractivity contribution in [3.05, 3.63) is 59.7 Å². The van der Waals surface area contributed by atoms with Gasteiger partial charge in [0.2, 0.25) is 5.91 Å². The van der Waals surface area contributed by atoms with Crippen LogP contribution in [0, 0.1) is 0 Å².